The van der Waals surface area contributed by atoms with E-state index in [9.17, 15) is 9.59 Å². The van der Waals surface area contributed by atoms with Crippen LogP contribution < -0.4 is 15.4 Å². The van der Waals surface area contributed by atoms with Crippen LogP contribution >= 0.6 is 0 Å². The molecular weight excluding hydrogens is 298 g/mol. The highest BCUT2D eigenvalue weighted by molar-refractivity contribution is 5.74. The minimum Gasteiger partial charge on any atom is -0.473 e. The van der Waals surface area contributed by atoms with Gasteiger partial charge in [0.25, 0.3) is 0 Å². The summed E-state index contributed by atoms with van der Waals surface area (Å²) in [6.07, 6.45) is 1.14. The van der Waals surface area contributed by atoms with Gasteiger partial charge in [-0.2, -0.15) is 0 Å². The normalized spacial score (nSPS) is 14.9. The molecule has 0 saturated carbocycles. The van der Waals surface area contributed by atoms with Crippen molar-refractivity contribution in [2.75, 3.05) is 26.4 Å². The molecule has 1 aromatic rings. The Hall–Kier alpha value is -2.44. The van der Waals surface area contributed by atoms with Crippen LogP contribution in [0.5, 0.6) is 5.75 Å². The summed E-state index contributed by atoms with van der Waals surface area (Å²) >= 11 is 0. The smallest absolute Gasteiger partial charge is 0.409 e. The fourth-order valence-electron chi connectivity index (χ4n) is 2.36. The van der Waals surface area contributed by atoms with E-state index in [-0.39, 0.29) is 24.9 Å². The first-order valence-electron chi connectivity index (χ1n) is 7.83. The highest BCUT2D eigenvalue weighted by Gasteiger charge is 2.24. The molecule has 1 aromatic carbocycles. The number of amides is 3. The lowest BCUT2D eigenvalue weighted by molar-refractivity contribution is 0.0956. The number of urea groups is 1. The van der Waals surface area contributed by atoms with Crippen molar-refractivity contribution in [2.45, 2.75) is 25.8 Å². The monoisotopic (exact) mass is 321 g/mol. The molecule has 0 aromatic heterocycles. The van der Waals surface area contributed by atoms with E-state index in [1.807, 2.05) is 30.3 Å². The Balaban J connectivity index is 1.62. The van der Waals surface area contributed by atoms with Gasteiger partial charge in [-0.15, -0.1) is 0 Å². The summed E-state index contributed by atoms with van der Waals surface area (Å²) in [7, 11) is 0. The summed E-state index contributed by atoms with van der Waals surface area (Å²) in [6.45, 7) is 3.45. The van der Waals surface area contributed by atoms with Gasteiger partial charge in [0.05, 0.1) is 6.61 Å². The van der Waals surface area contributed by atoms with Crippen LogP contribution in [-0.2, 0) is 4.74 Å². The second-order valence-electron chi connectivity index (χ2n) is 5.21. The lowest BCUT2D eigenvalue weighted by atomic mass is 10.1. The number of carbonyl (C=O) groups excluding carboxylic acids is 2. The Kier molecular flexibility index (Phi) is 6.53. The van der Waals surface area contributed by atoms with Gasteiger partial charge in [0.2, 0.25) is 0 Å². The van der Waals surface area contributed by atoms with Crippen molar-refractivity contribution in [3.8, 4) is 5.75 Å². The van der Waals surface area contributed by atoms with Crippen molar-refractivity contribution in [1.29, 1.82) is 0 Å². The quantitative estimate of drug-likeness (QED) is 0.812. The van der Waals surface area contributed by atoms with Gasteiger partial charge in [0, 0.05) is 19.1 Å². The van der Waals surface area contributed by atoms with E-state index in [1.165, 1.54) is 0 Å². The van der Waals surface area contributed by atoms with E-state index in [2.05, 4.69) is 10.6 Å². The van der Waals surface area contributed by atoms with Crippen LogP contribution in [0.1, 0.15) is 19.8 Å². The zero-order valence-corrected chi connectivity index (χ0v) is 13.3. The molecule has 126 valence electrons. The van der Waals surface area contributed by atoms with E-state index in [4.69, 9.17) is 9.47 Å². The standard InChI is InChI=1S/C16H23N3O4/c1-2-22-16(21)19-10-8-13(9-11-19)18-15(20)17-12-23-14-6-4-3-5-7-14/h3-7,13H,2,8-12H2,1H3,(H2,17,18,20). The summed E-state index contributed by atoms with van der Waals surface area (Å²) < 4.78 is 10.4. The molecule has 2 N–H and O–H groups in total. The van der Waals surface area contributed by atoms with Crippen LogP contribution in [0.25, 0.3) is 0 Å². The van der Waals surface area contributed by atoms with Crippen LogP contribution in [0.2, 0.25) is 0 Å². The largest absolute Gasteiger partial charge is 0.473 e. The van der Waals surface area contributed by atoms with Gasteiger partial charge in [-0.3, -0.25) is 0 Å². The molecule has 7 heteroatoms. The molecule has 0 atom stereocenters. The number of rotatable bonds is 5. The van der Waals surface area contributed by atoms with Gasteiger partial charge in [0.1, 0.15) is 5.75 Å². The summed E-state index contributed by atoms with van der Waals surface area (Å²) in [6, 6.07) is 9.07. The highest BCUT2D eigenvalue weighted by Crippen LogP contribution is 2.11. The number of nitrogens with zero attached hydrogens (tertiary/aromatic N) is 1. The second-order valence-corrected chi connectivity index (χ2v) is 5.21. The molecule has 1 aliphatic heterocycles. The number of benzene rings is 1. The van der Waals surface area contributed by atoms with Crippen molar-refractivity contribution in [2.24, 2.45) is 0 Å². The zero-order valence-electron chi connectivity index (χ0n) is 13.3. The second kappa shape index (κ2) is 8.87. The zero-order chi connectivity index (χ0) is 16.5. The summed E-state index contributed by atoms with van der Waals surface area (Å²) in [5, 5.41) is 5.54. The molecule has 1 heterocycles. The molecule has 0 aliphatic carbocycles. The minimum absolute atomic E-state index is 0.0531. The molecule has 7 nitrogen and oxygen atoms in total. The Morgan fingerprint density at radius 1 is 1.22 bits per heavy atom. The molecule has 0 bridgehead atoms. The summed E-state index contributed by atoms with van der Waals surface area (Å²) in [5.41, 5.74) is 0. The van der Waals surface area contributed by atoms with Crippen LogP contribution in [0, 0.1) is 0 Å². The molecule has 23 heavy (non-hydrogen) atoms. The van der Waals surface area contributed by atoms with Crippen molar-refractivity contribution in [3.05, 3.63) is 30.3 Å². The molecule has 0 unspecified atom stereocenters. The molecular formula is C16H23N3O4. The first kappa shape index (κ1) is 16.9. The Morgan fingerprint density at radius 3 is 2.57 bits per heavy atom. The van der Waals surface area contributed by atoms with Gasteiger partial charge in [-0.1, -0.05) is 18.2 Å². The number of likely N-dealkylation sites (tertiary alicyclic amines) is 1. The molecule has 1 fully saturated rings. The number of hydrogen-bond donors (Lipinski definition) is 2. The highest BCUT2D eigenvalue weighted by atomic mass is 16.6. The predicted octanol–water partition coefficient (Wildman–Crippen LogP) is 1.94. The van der Waals surface area contributed by atoms with E-state index >= 15 is 0 Å². The average Bonchev–Trinajstić information content (AvgIpc) is 2.57. The van der Waals surface area contributed by atoms with E-state index in [0.717, 1.165) is 0 Å². The molecule has 0 spiro atoms. The third-order valence-electron chi connectivity index (χ3n) is 3.57. The fourth-order valence-corrected chi connectivity index (χ4v) is 2.36. The molecule has 2 rings (SSSR count). The van der Waals surface area contributed by atoms with Gasteiger partial charge in [-0.05, 0) is 31.9 Å². The number of nitrogens with one attached hydrogen (secondary N) is 2. The van der Waals surface area contributed by atoms with Crippen molar-refractivity contribution in [3.63, 3.8) is 0 Å². The van der Waals surface area contributed by atoms with Crippen LogP contribution in [0.15, 0.2) is 30.3 Å². The number of piperidine rings is 1. The lowest BCUT2D eigenvalue weighted by Gasteiger charge is -2.31. The van der Waals surface area contributed by atoms with Crippen LogP contribution in [-0.4, -0.2) is 49.5 Å². The SMILES string of the molecule is CCOC(=O)N1CCC(NC(=O)NCOc2ccccc2)CC1. The molecule has 1 aliphatic rings. The molecule has 3 amide bonds. The Morgan fingerprint density at radius 2 is 1.91 bits per heavy atom. The summed E-state index contributed by atoms with van der Waals surface area (Å²) in [5.74, 6) is 0.704. The fraction of sp³-hybridized carbons (Fsp3) is 0.500. The lowest BCUT2D eigenvalue weighted by Crippen LogP contribution is -2.49. The Labute approximate surface area is 135 Å². The first-order valence-corrected chi connectivity index (χ1v) is 7.83. The summed E-state index contributed by atoms with van der Waals surface area (Å²) in [4.78, 5) is 25.1. The number of para-hydroxylation sites is 1. The minimum atomic E-state index is -0.285. The van der Waals surface area contributed by atoms with Crippen LogP contribution in [0.3, 0.4) is 0 Å². The van der Waals surface area contributed by atoms with E-state index in [1.54, 1.807) is 11.8 Å². The van der Waals surface area contributed by atoms with Crippen molar-refractivity contribution < 1.29 is 19.1 Å². The van der Waals surface area contributed by atoms with Gasteiger partial charge < -0.3 is 25.0 Å². The molecule has 1 saturated heterocycles. The van der Waals surface area contributed by atoms with Crippen LogP contribution in [0.4, 0.5) is 9.59 Å². The number of hydrogen-bond acceptors (Lipinski definition) is 4. The number of ether oxygens (including phenoxy) is 2. The predicted molar refractivity (Wildman–Crippen MR) is 85.2 cm³/mol. The van der Waals surface area contributed by atoms with Gasteiger partial charge in [-0.25, -0.2) is 9.59 Å². The third kappa shape index (κ3) is 5.69. The maximum atomic E-state index is 11.8. The van der Waals surface area contributed by atoms with Gasteiger partial charge in [0.15, 0.2) is 6.73 Å². The Bertz CT molecular complexity index is 501. The van der Waals surface area contributed by atoms with Crippen molar-refractivity contribution in [1.82, 2.24) is 15.5 Å². The maximum absolute atomic E-state index is 11.8. The first-order chi connectivity index (χ1) is 11.2. The molecule has 0 radical (unpaired) electrons. The van der Waals surface area contributed by atoms with E-state index in [0.29, 0.717) is 38.3 Å². The number of carbonyl (C=O) groups is 2. The van der Waals surface area contributed by atoms with E-state index < -0.39 is 0 Å². The maximum Gasteiger partial charge on any atom is 0.409 e. The van der Waals surface area contributed by atoms with Crippen molar-refractivity contribution >= 4 is 12.1 Å². The third-order valence-corrected chi connectivity index (χ3v) is 3.57. The topological polar surface area (TPSA) is 79.9 Å². The average molecular weight is 321 g/mol. The van der Waals surface area contributed by atoms with Gasteiger partial charge >= 0.3 is 12.1 Å².